The van der Waals surface area contributed by atoms with Gasteiger partial charge in [-0.15, -0.1) is 12.4 Å². The van der Waals surface area contributed by atoms with Crippen LogP contribution in [0.5, 0.6) is 0 Å². The molecule has 0 saturated heterocycles. The summed E-state index contributed by atoms with van der Waals surface area (Å²) in [5, 5.41) is 9.38. The molecule has 0 aliphatic heterocycles. The van der Waals surface area contributed by atoms with Gasteiger partial charge in [-0.1, -0.05) is 45.0 Å². The van der Waals surface area contributed by atoms with Crippen LogP contribution >= 0.6 is 12.4 Å². The van der Waals surface area contributed by atoms with Crippen molar-refractivity contribution in [3.63, 3.8) is 0 Å². The Hall–Kier alpha value is -0.570. The van der Waals surface area contributed by atoms with Crippen molar-refractivity contribution >= 4 is 12.4 Å². The maximum absolute atomic E-state index is 9.38. The maximum atomic E-state index is 9.38. The molecule has 2 nitrogen and oxygen atoms in total. The van der Waals surface area contributed by atoms with E-state index < -0.39 is 6.10 Å². The van der Waals surface area contributed by atoms with Crippen LogP contribution in [0.15, 0.2) is 24.3 Å². The molecule has 92 valence electrons. The first-order valence-corrected chi connectivity index (χ1v) is 5.36. The van der Waals surface area contributed by atoms with Gasteiger partial charge in [-0.3, -0.25) is 0 Å². The van der Waals surface area contributed by atoms with Gasteiger partial charge in [-0.2, -0.15) is 0 Å². The van der Waals surface area contributed by atoms with E-state index in [1.54, 1.807) is 6.92 Å². The molecule has 0 radical (unpaired) electrons. The summed E-state index contributed by atoms with van der Waals surface area (Å²) in [4.78, 5) is 0. The third-order valence-corrected chi connectivity index (χ3v) is 2.68. The van der Waals surface area contributed by atoms with Gasteiger partial charge in [0.15, 0.2) is 0 Å². The van der Waals surface area contributed by atoms with Gasteiger partial charge in [-0.25, -0.2) is 0 Å². The van der Waals surface area contributed by atoms with E-state index in [9.17, 15) is 5.11 Å². The molecular weight excluding hydrogens is 222 g/mol. The number of halogens is 1. The Bertz CT molecular complexity index is 314. The van der Waals surface area contributed by atoms with Crippen molar-refractivity contribution in [1.82, 2.24) is 0 Å². The Kier molecular flexibility index (Phi) is 5.47. The van der Waals surface area contributed by atoms with Crippen LogP contribution in [0.25, 0.3) is 0 Å². The minimum atomic E-state index is -0.509. The molecule has 0 amide bonds. The smallest absolute Gasteiger partial charge is 0.0704 e. The van der Waals surface area contributed by atoms with Gasteiger partial charge in [0, 0.05) is 0 Å². The molecule has 0 aromatic heterocycles. The number of benzene rings is 1. The molecule has 3 heteroatoms. The first-order valence-electron chi connectivity index (χ1n) is 5.36. The maximum Gasteiger partial charge on any atom is 0.0704 e. The van der Waals surface area contributed by atoms with Gasteiger partial charge < -0.3 is 10.8 Å². The highest BCUT2D eigenvalue weighted by atomic mass is 35.5. The summed E-state index contributed by atoms with van der Waals surface area (Å²) in [5.74, 6) is 0. The lowest BCUT2D eigenvalue weighted by Gasteiger charge is -2.21. The number of rotatable bonds is 2. The van der Waals surface area contributed by atoms with E-state index in [0.29, 0.717) is 0 Å². The van der Waals surface area contributed by atoms with E-state index in [-0.39, 0.29) is 23.9 Å². The molecule has 0 unspecified atom stereocenters. The van der Waals surface area contributed by atoms with Gasteiger partial charge in [0.25, 0.3) is 0 Å². The molecule has 0 fully saturated rings. The van der Waals surface area contributed by atoms with Crippen LogP contribution in [0.4, 0.5) is 0 Å². The normalized spacial score (nSPS) is 15.1. The van der Waals surface area contributed by atoms with Gasteiger partial charge >= 0.3 is 0 Å². The Balaban J connectivity index is 0.00000225. The fourth-order valence-electron chi connectivity index (χ4n) is 1.48. The molecular formula is C13H22ClNO. The van der Waals surface area contributed by atoms with E-state index in [4.69, 9.17) is 5.73 Å². The summed E-state index contributed by atoms with van der Waals surface area (Å²) in [5.41, 5.74) is 8.27. The number of nitrogens with two attached hydrogens (primary N) is 1. The number of hydrogen-bond donors (Lipinski definition) is 2. The highest BCUT2D eigenvalue weighted by molar-refractivity contribution is 5.85. The van der Waals surface area contributed by atoms with Crippen LogP contribution in [0.1, 0.15) is 44.9 Å². The van der Waals surface area contributed by atoms with Crippen LogP contribution in [0.3, 0.4) is 0 Å². The molecule has 1 rings (SSSR count). The van der Waals surface area contributed by atoms with Gasteiger partial charge in [0.2, 0.25) is 0 Å². The summed E-state index contributed by atoms with van der Waals surface area (Å²) >= 11 is 0. The monoisotopic (exact) mass is 243 g/mol. The second-order valence-corrected chi connectivity index (χ2v) is 5.14. The summed E-state index contributed by atoms with van der Waals surface area (Å²) in [7, 11) is 0. The standard InChI is InChI=1S/C13H21NO.ClH/c1-9(15)12(14)10-5-7-11(8-6-10)13(2,3)4;/h5-9,12,15H,14H2,1-4H3;1H/t9-,12-;/m1./s1. The summed E-state index contributed by atoms with van der Waals surface area (Å²) < 4.78 is 0. The summed E-state index contributed by atoms with van der Waals surface area (Å²) in [6, 6.07) is 7.87. The Morgan fingerprint density at radius 1 is 1.12 bits per heavy atom. The molecule has 0 aliphatic carbocycles. The highest BCUT2D eigenvalue weighted by Gasteiger charge is 2.15. The van der Waals surface area contributed by atoms with E-state index in [1.807, 2.05) is 12.1 Å². The molecule has 0 heterocycles. The third kappa shape index (κ3) is 3.78. The predicted molar refractivity (Wildman–Crippen MR) is 71.0 cm³/mol. The molecule has 0 bridgehead atoms. The van der Waals surface area contributed by atoms with Crippen molar-refractivity contribution < 1.29 is 5.11 Å². The first kappa shape index (κ1) is 15.4. The fourth-order valence-corrected chi connectivity index (χ4v) is 1.48. The minimum Gasteiger partial charge on any atom is -0.391 e. The number of aliphatic hydroxyl groups is 1. The molecule has 0 aliphatic rings. The average molecular weight is 244 g/mol. The van der Waals surface area contributed by atoms with Crippen molar-refractivity contribution in [3.8, 4) is 0 Å². The van der Waals surface area contributed by atoms with Gasteiger partial charge in [0.05, 0.1) is 12.1 Å². The quantitative estimate of drug-likeness (QED) is 0.839. The molecule has 2 atom stereocenters. The van der Waals surface area contributed by atoms with Crippen LogP contribution < -0.4 is 5.73 Å². The number of hydrogen-bond acceptors (Lipinski definition) is 2. The molecule has 0 spiro atoms. The van der Waals surface area contributed by atoms with Crippen molar-refractivity contribution in [2.45, 2.75) is 45.3 Å². The fraction of sp³-hybridized carbons (Fsp3) is 0.538. The second-order valence-electron chi connectivity index (χ2n) is 5.14. The Labute approximate surface area is 104 Å². The first-order chi connectivity index (χ1) is 6.82. The third-order valence-electron chi connectivity index (χ3n) is 2.68. The number of aliphatic hydroxyl groups excluding tert-OH is 1. The van der Waals surface area contributed by atoms with E-state index in [1.165, 1.54) is 5.56 Å². The highest BCUT2D eigenvalue weighted by Crippen LogP contribution is 2.24. The van der Waals surface area contributed by atoms with Crippen LogP contribution in [0, 0.1) is 0 Å². The summed E-state index contributed by atoms with van der Waals surface area (Å²) in [6.07, 6.45) is -0.509. The Morgan fingerprint density at radius 2 is 1.56 bits per heavy atom. The topological polar surface area (TPSA) is 46.2 Å². The lowest BCUT2D eigenvalue weighted by Crippen LogP contribution is -2.23. The largest absolute Gasteiger partial charge is 0.391 e. The molecule has 1 aromatic rings. The van der Waals surface area contributed by atoms with Crippen LogP contribution in [0.2, 0.25) is 0 Å². The van der Waals surface area contributed by atoms with Gasteiger partial charge in [-0.05, 0) is 23.5 Å². The molecule has 3 N–H and O–H groups in total. The van der Waals surface area contributed by atoms with E-state index >= 15 is 0 Å². The van der Waals surface area contributed by atoms with Crippen molar-refractivity contribution in [3.05, 3.63) is 35.4 Å². The zero-order chi connectivity index (χ0) is 11.6. The van der Waals surface area contributed by atoms with Crippen molar-refractivity contribution in [1.29, 1.82) is 0 Å². The van der Waals surface area contributed by atoms with Crippen LogP contribution in [-0.2, 0) is 5.41 Å². The lowest BCUT2D eigenvalue weighted by atomic mass is 9.86. The average Bonchev–Trinajstić information content (AvgIpc) is 2.15. The minimum absolute atomic E-state index is 0. The second kappa shape index (κ2) is 5.67. The molecule has 0 saturated carbocycles. The van der Waals surface area contributed by atoms with Gasteiger partial charge in [0.1, 0.15) is 0 Å². The SMILES string of the molecule is C[C@@H](O)[C@@H](N)c1ccc(C(C)(C)C)cc1.Cl. The summed E-state index contributed by atoms with van der Waals surface area (Å²) in [6.45, 7) is 8.24. The van der Waals surface area contributed by atoms with Crippen LogP contribution in [-0.4, -0.2) is 11.2 Å². The lowest BCUT2D eigenvalue weighted by molar-refractivity contribution is 0.164. The molecule has 16 heavy (non-hydrogen) atoms. The van der Waals surface area contributed by atoms with E-state index in [0.717, 1.165) is 5.56 Å². The van der Waals surface area contributed by atoms with E-state index in [2.05, 4.69) is 32.9 Å². The zero-order valence-corrected chi connectivity index (χ0v) is 11.2. The Morgan fingerprint density at radius 3 is 1.88 bits per heavy atom. The van der Waals surface area contributed by atoms with Crippen molar-refractivity contribution in [2.75, 3.05) is 0 Å². The van der Waals surface area contributed by atoms with Crippen molar-refractivity contribution in [2.24, 2.45) is 5.73 Å². The predicted octanol–water partition coefficient (Wildman–Crippen LogP) is 2.79. The zero-order valence-electron chi connectivity index (χ0n) is 10.4. The molecule has 1 aromatic carbocycles.